The van der Waals surface area contributed by atoms with E-state index in [1.807, 2.05) is 11.8 Å². The van der Waals surface area contributed by atoms with Crippen LogP contribution in [-0.4, -0.2) is 31.0 Å². The number of methoxy groups -OCH3 is 1. The van der Waals surface area contributed by atoms with Gasteiger partial charge in [0.05, 0.1) is 6.61 Å². The monoisotopic (exact) mass is 174 g/mol. The summed E-state index contributed by atoms with van der Waals surface area (Å²) in [6, 6.07) is 0. The maximum absolute atomic E-state index is 11.3. The molecule has 0 radical (unpaired) electrons. The zero-order chi connectivity index (χ0) is 8.10. The Morgan fingerprint density at radius 2 is 2.55 bits per heavy atom. The summed E-state index contributed by atoms with van der Waals surface area (Å²) in [7, 11) is 1.64. The third kappa shape index (κ3) is 2.83. The van der Waals surface area contributed by atoms with Crippen LogP contribution < -0.4 is 0 Å². The van der Waals surface area contributed by atoms with Gasteiger partial charge in [-0.05, 0) is 12.2 Å². The first-order chi connectivity index (χ1) is 5.34. The molecule has 11 heavy (non-hydrogen) atoms. The minimum absolute atomic E-state index is 0.329. The van der Waals surface area contributed by atoms with Crippen molar-refractivity contribution in [2.24, 2.45) is 5.92 Å². The molecule has 64 valence electrons. The Labute approximate surface area is 71.7 Å². The van der Waals surface area contributed by atoms with Crippen molar-refractivity contribution in [1.29, 1.82) is 0 Å². The van der Waals surface area contributed by atoms with Gasteiger partial charge in [-0.2, -0.15) is 11.8 Å². The van der Waals surface area contributed by atoms with E-state index in [-0.39, 0.29) is 0 Å². The average Bonchev–Trinajstić information content (AvgIpc) is 2.52. The van der Waals surface area contributed by atoms with Crippen molar-refractivity contribution in [2.75, 3.05) is 25.2 Å². The van der Waals surface area contributed by atoms with Crippen LogP contribution in [0.4, 0.5) is 0 Å². The van der Waals surface area contributed by atoms with E-state index in [4.69, 9.17) is 4.74 Å². The summed E-state index contributed by atoms with van der Waals surface area (Å²) >= 11 is 1.88. The first-order valence-electron chi connectivity index (χ1n) is 3.94. The smallest absolute Gasteiger partial charge is 0.139 e. The molecule has 0 saturated carbocycles. The minimum atomic E-state index is 0.329. The molecule has 3 heteroatoms. The molecule has 0 spiro atoms. The van der Waals surface area contributed by atoms with Crippen molar-refractivity contribution in [2.45, 2.75) is 12.8 Å². The lowest BCUT2D eigenvalue weighted by molar-refractivity contribution is -0.123. The molecule has 1 aliphatic rings. The predicted molar refractivity (Wildman–Crippen MR) is 46.9 cm³/mol. The van der Waals surface area contributed by atoms with E-state index in [2.05, 4.69) is 0 Å². The lowest BCUT2D eigenvalue weighted by Gasteiger charge is -2.05. The normalized spacial score (nSPS) is 23.9. The molecule has 2 nitrogen and oxygen atoms in total. The van der Waals surface area contributed by atoms with Crippen LogP contribution in [0.25, 0.3) is 0 Å². The second-order valence-corrected chi connectivity index (χ2v) is 3.92. The molecule has 0 bridgehead atoms. The van der Waals surface area contributed by atoms with Gasteiger partial charge < -0.3 is 4.74 Å². The van der Waals surface area contributed by atoms with Crippen molar-refractivity contribution < 1.29 is 9.53 Å². The fraction of sp³-hybridized carbons (Fsp3) is 0.875. The van der Waals surface area contributed by atoms with Gasteiger partial charge in [-0.25, -0.2) is 0 Å². The van der Waals surface area contributed by atoms with Gasteiger partial charge in [0, 0.05) is 25.2 Å². The third-order valence-electron chi connectivity index (χ3n) is 1.94. The number of carbonyl (C=O) groups is 1. The number of ether oxygens (including phenoxy) is 1. The van der Waals surface area contributed by atoms with Gasteiger partial charge in [-0.1, -0.05) is 0 Å². The highest BCUT2D eigenvalue weighted by atomic mass is 32.2. The topological polar surface area (TPSA) is 26.3 Å². The number of hydrogen-bond donors (Lipinski definition) is 0. The van der Waals surface area contributed by atoms with E-state index in [1.54, 1.807) is 7.11 Å². The van der Waals surface area contributed by atoms with Gasteiger partial charge in [-0.15, -0.1) is 0 Å². The lowest BCUT2D eigenvalue weighted by Crippen LogP contribution is -2.15. The van der Waals surface area contributed by atoms with E-state index < -0.39 is 0 Å². The molecule has 1 rings (SSSR count). The van der Waals surface area contributed by atoms with Gasteiger partial charge >= 0.3 is 0 Å². The van der Waals surface area contributed by atoms with Gasteiger partial charge in [0.2, 0.25) is 0 Å². The fourth-order valence-electron chi connectivity index (χ4n) is 1.20. The molecule has 0 aromatic heterocycles. The van der Waals surface area contributed by atoms with Crippen LogP contribution in [0, 0.1) is 5.92 Å². The summed E-state index contributed by atoms with van der Waals surface area (Å²) in [5, 5.41) is 0. The third-order valence-corrected chi connectivity index (χ3v) is 3.10. The Bertz CT molecular complexity index is 130. The number of hydrogen-bond acceptors (Lipinski definition) is 3. The average molecular weight is 174 g/mol. The summed E-state index contributed by atoms with van der Waals surface area (Å²) in [5.74, 6) is 2.90. The predicted octanol–water partition coefficient (Wildman–Crippen LogP) is 1.35. The van der Waals surface area contributed by atoms with E-state index >= 15 is 0 Å². The number of carbonyl (C=O) groups excluding carboxylic acids is 1. The molecule has 0 aromatic carbocycles. The molecule has 0 N–H and O–H groups in total. The standard InChI is InChI=1S/C8H14O2S/c1-10-4-2-8(9)7-3-5-11-6-7/h7H,2-6H2,1H3. The van der Waals surface area contributed by atoms with Gasteiger partial charge in [0.25, 0.3) is 0 Å². The molecule has 1 saturated heterocycles. The summed E-state index contributed by atoms with van der Waals surface area (Å²) in [5.41, 5.74) is 0. The Hall–Kier alpha value is -0.0200. The molecular weight excluding hydrogens is 160 g/mol. The molecule has 0 aliphatic carbocycles. The fourth-order valence-corrected chi connectivity index (χ4v) is 2.45. The second kappa shape index (κ2) is 4.78. The Kier molecular flexibility index (Phi) is 3.94. The van der Waals surface area contributed by atoms with E-state index in [0.717, 1.165) is 17.9 Å². The number of ketones is 1. The van der Waals surface area contributed by atoms with Crippen molar-refractivity contribution in [1.82, 2.24) is 0 Å². The van der Waals surface area contributed by atoms with Crippen LogP contribution in [-0.2, 0) is 9.53 Å². The van der Waals surface area contributed by atoms with Gasteiger partial charge in [-0.3, -0.25) is 4.79 Å². The van der Waals surface area contributed by atoms with Crippen LogP contribution in [0.5, 0.6) is 0 Å². The maximum Gasteiger partial charge on any atom is 0.139 e. The Morgan fingerprint density at radius 3 is 3.09 bits per heavy atom. The van der Waals surface area contributed by atoms with E-state index in [9.17, 15) is 4.79 Å². The van der Waals surface area contributed by atoms with Crippen LogP contribution in [0.3, 0.4) is 0 Å². The SMILES string of the molecule is COCCC(=O)C1CCSC1. The summed E-state index contributed by atoms with van der Waals surface area (Å²) in [6.45, 7) is 0.583. The van der Waals surface area contributed by atoms with E-state index in [0.29, 0.717) is 24.7 Å². The van der Waals surface area contributed by atoms with Gasteiger partial charge in [0.1, 0.15) is 5.78 Å². The quantitative estimate of drug-likeness (QED) is 0.643. The minimum Gasteiger partial charge on any atom is -0.384 e. The second-order valence-electron chi connectivity index (χ2n) is 2.77. The zero-order valence-electron chi connectivity index (χ0n) is 6.84. The van der Waals surface area contributed by atoms with Crippen LogP contribution in [0.1, 0.15) is 12.8 Å². The Balaban J connectivity index is 2.17. The molecule has 1 atom stereocenters. The molecule has 0 aromatic rings. The lowest BCUT2D eigenvalue weighted by atomic mass is 10.0. The van der Waals surface area contributed by atoms with Crippen LogP contribution >= 0.6 is 11.8 Å². The molecule has 1 unspecified atom stereocenters. The summed E-state index contributed by atoms with van der Waals surface area (Å²) < 4.78 is 4.84. The first-order valence-corrected chi connectivity index (χ1v) is 5.09. The molecule has 1 aliphatic heterocycles. The maximum atomic E-state index is 11.3. The number of thioether (sulfide) groups is 1. The molecular formula is C8H14O2S. The molecule has 1 fully saturated rings. The summed E-state index contributed by atoms with van der Waals surface area (Å²) in [6.07, 6.45) is 1.68. The highest BCUT2D eigenvalue weighted by molar-refractivity contribution is 7.99. The zero-order valence-corrected chi connectivity index (χ0v) is 7.65. The largest absolute Gasteiger partial charge is 0.384 e. The molecule has 1 heterocycles. The highest BCUT2D eigenvalue weighted by Gasteiger charge is 2.22. The summed E-state index contributed by atoms with van der Waals surface area (Å²) in [4.78, 5) is 11.3. The number of rotatable bonds is 4. The van der Waals surface area contributed by atoms with Crippen LogP contribution in [0.2, 0.25) is 0 Å². The highest BCUT2D eigenvalue weighted by Crippen LogP contribution is 2.24. The number of Topliss-reactive ketones (excluding diaryl/α,β-unsaturated/α-hetero) is 1. The van der Waals surface area contributed by atoms with Crippen molar-refractivity contribution in [3.05, 3.63) is 0 Å². The van der Waals surface area contributed by atoms with Gasteiger partial charge in [0.15, 0.2) is 0 Å². The van der Waals surface area contributed by atoms with Crippen molar-refractivity contribution in [3.8, 4) is 0 Å². The van der Waals surface area contributed by atoms with Crippen LogP contribution in [0.15, 0.2) is 0 Å². The first kappa shape index (κ1) is 9.07. The molecule has 0 amide bonds. The van der Waals surface area contributed by atoms with Crippen molar-refractivity contribution in [3.63, 3.8) is 0 Å². The van der Waals surface area contributed by atoms with E-state index in [1.165, 1.54) is 0 Å². The Morgan fingerprint density at radius 1 is 1.73 bits per heavy atom. The van der Waals surface area contributed by atoms with Crippen molar-refractivity contribution >= 4 is 17.5 Å².